The lowest BCUT2D eigenvalue weighted by Crippen LogP contribution is -2.23. The summed E-state index contributed by atoms with van der Waals surface area (Å²) in [5.74, 6) is 2.03. The second kappa shape index (κ2) is 7.14. The maximum absolute atomic E-state index is 11.8. The molecule has 0 saturated heterocycles. The Kier molecular flexibility index (Phi) is 5.24. The van der Waals surface area contributed by atoms with Gasteiger partial charge in [-0.1, -0.05) is 19.1 Å². The fourth-order valence-corrected chi connectivity index (χ4v) is 2.22. The number of benzene rings is 1. The van der Waals surface area contributed by atoms with Crippen molar-refractivity contribution >= 4 is 5.91 Å². The molecule has 1 aliphatic rings. The summed E-state index contributed by atoms with van der Waals surface area (Å²) in [6.07, 6.45) is 2.37. The summed E-state index contributed by atoms with van der Waals surface area (Å²) >= 11 is 0. The zero-order valence-corrected chi connectivity index (χ0v) is 11.9. The van der Waals surface area contributed by atoms with Gasteiger partial charge in [-0.05, 0) is 31.4 Å². The van der Waals surface area contributed by atoms with Gasteiger partial charge in [-0.3, -0.25) is 4.79 Å². The highest BCUT2D eigenvalue weighted by Gasteiger charge is 2.17. The predicted molar refractivity (Wildman–Crippen MR) is 76.5 cm³/mol. The van der Waals surface area contributed by atoms with E-state index in [2.05, 4.69) is 12.2 Å². The molecule has 5 heteroatoms. The van der Waals surface area contributed by atoms with Crippen LogP contribution in [0, 0.1) is 5.92 Å². The van der Waals surface area contributed by atoms with Crippen LogP contribution < -0.4 is 20.5 Å². The van der Waals surface area contributed by atoms with E-state index in [1.807, 2.05) is 18.2 Å². The van der Waals surface area contributed by atoms with E-state index >= 15 is 0 Å². The van der Waals surface area contributed by atoms with Crippen LogP contribution in [0.4, 0.5) is 0 Å². The molecule has 1 aromatic carbocycles. The predicted octanol–water partition coefficient (Wildman–Crippen LogP) is 1.80. The molecule has 1 aliphatic heterocycles. The lowest BCUT2D eigenvalue weighted by atomic mass is 10.0. The summed E-state index contributed by atoms with van der Waals surface area (Å²) in [5.41, 5.74) is 6.44. The van der Waals surface area contributed by atoms with E-state index in [1.54, 1.807) is 0 Å². The van der Waals surface area contributed by atoms with Gasteiger partial charge in [0.2, 0.25) is 12.7 Å². The van der Waals surface area contributed by atoms with Crippen molar-refractivity contribution in [2.75, 3.05) is 13.3 Å². The van der Waals surface area contributed by atoms with Gasteiger partial charge in [0.25, 0.3) is 0 Å². The molecule has 1 amide bonds. The molecule has 1 atom stereocenters. The maximum Gasteiger partial charge on any atom is 0.231 e. The molecule has 20 heavy (non-hydrogen) atoms. The van der Waals surface area contributed by atoms with Gasteiger partial charge in [-0.2, -0.15) is 0 Å². The summed E-state index contributed by atoms with van der Waals surface area (Å²) in [6, 6.07) is 5.70. The van der Waals surface area contributed by atoms with E-state index in [9.17, 15) is 4.79 Å². The van der Waals surface area contributed by atoms with Crippen LogP contribution in [-0.4, -0.2) is 19.2 Å². The normalized spacial score (nSPS) is 14.1. The maximum atomic E-state index is 11.8. The van der Waals surface area contributed by atoms with E-state index in [0.29, 0.717) is 25.4 Å². The van der Waals surface area contributed by atoms with Gasteiger partial charge in [0, 0.05) is 18.5 Å². The van der Waals surface area contributed by atoms with Crippen LogP contribution in [0.2, 0.25) is 0 Å². The van der Waals surface area contributed by atoms with Crippen LogP contribution in [0.3, 0.4) is 0 Å². The standard InChI is InChI=1S/C15H22N2O3/c1-11(7-8-16)5-6-14(18)17-9-12-3-2-4-13-15(12)20-10-19-13/h2-4,11H,5-10,16H2,1H3,(H,17,18). The second-order valence-electron chi connectivity index (χ2n) is 5.15. The minimum Gasteiger partial charge on any atom is -0.454 e. The van der Waals surface area contributed by atoms with E-state index < -0.39 is 0 Å². The van der Waals surface area contributed by atoms with Crippen LogP contribution in [0.25, 0.3) is 0 Å². The average molecular weight is 278 g/mol. The van der Waals surface area contributed by atoms with Gasteiger partial charge < -0.3 is 20.5 Å². The topological polar surface area (TPSA) is 73.6 Å². The first-order valence-corrected chi connectivity index (χ1v) is 7.05. The molecule has 1 aromatic rings. The van der Waals surface area contributed by atoms with Gasteiger partial charge in [0.15, 0.2) is 11.5 Å². The van der Waals surface area contributed by atoms with Crippen molar-refractivity contribution in [1.82, 2.24) is 5.32 Å². The SMILES string of the molecule is CC(CCN)CCC(=O)NCc1cccc2c1OCO2. The molecule has 0 aromatic heterocycles. The van der Waals surface area contributed by atoms with Gasteiger partial charge >= 0.3 is 0 Å². The molecule has 1 heterocycles. The molecule has 0 fully saturated rings. The zero-order valence-electron chi connectivity index (χ0n) is 11.9. The van der Waals surface area contributed by atoms with Crippen molar-refractivity contribution in [1.29, 1.82) is 0 Å². The highest BCUT2D eigenvalue weighted by atomic mass is 16.7. The highest BCUT2D eigenvalue weighted by molar-refractivity contribution is 5.76. The molecule has 5 nitrogen and oxygen atoms in total. The number of nitrogens with one attached hydrogen (secondary N) is 1. The highest BCUT2D eigenvalue weighted by Crippen LogP contribution is 2.35. The summed E-state index contributed by atoms with van der Waals surface area (Å²) in [5, 5.41) is 2.92. The molecule has 0 radical (unpaired) electrons. The lowest BCUT2D eigenvalue weighted by molar-refractivity contribution is -0.121. The first kappa shape index (κ1) is 14.7. The molecule has 3 N–H and O–H groups in total. The molecular formula is C15H22N2O3. The molecule has 1 unspecified atom stereocenters. The zero-order chi connectivity index (χ0) is 14.4. The van der Waals surface area contributed by atoms with Gasteiger partial charge in [-0.25, -0.2) is 0 Å². The molecular weight excluding hydrogens is 256 g/mol. The number of ether oxygens (including phenoxy) is 2. The molecule has 0 spiro atoms. The number of carbonyl (C=O) groups excluding carboxylic acids is 1. The summed E-state index contributed by atoms with van der Waals surface area (Å²) in [6.45, 7) is 3.51. The van der Waals surface area contributed by atoms with Crippen molar-refractivity contribution in [2.24, 2.45) is 11.7 Å². The number of amides is 1. The van der Waals surface area contributed by atoms with Crippen LogP contribution >= 0.6 is 0 Å². The number of hydrogen-bond acceptors (Lipinski definition) is 4. The average Bonchev–Trinajstić information content (AvgIpc) is 2.92. The number of carbonyl (C=O) groups is 1. The minimum absolute atomic E-state index is 0.0605. The third-order valence-corrected chi connectivity index (χ3v) is 3.48. The quantitative estimate of drug-likeness (QED) is 0.797. The van der Waals surface area contributed by atoms with Crippen molar-refractivity contribution in [2.45, 2.75) is 32.7 Å². The Hall–Kier alpha value is -1.75. The third kappa shape index (κ3) is 3.87. The van der Waals surface area contributed by atoms with Crippen LogP contribution in [0.5, 0.6) is 11.5 Å². The van der Waals surface area contributed by atoms with Crippen LogP contribution in [0.15, 0.2) is 18.2 Å². The molecule has 2 rings (SSSR count). The Morgan fingerprint density at radius 3 is 3.05 bits per heavy atom. The largest absolute Gasteiger partial charge is 0.454 e. The van der Waals surface area contributed by atoms with E-state index in [1.165, 1.54) is 0 Å². The fourth-order valence-electron chi connectivity index (χ4n) is 2.22. The van der Waals surface area contributed by atoms with Crippen molar-refractivity contribution in [3.63, 3.8) is 0 Å². The van der Waals surface area contributed by atoms with E-state index in [0.717, 1.165) is 29.9 Å². The first-order valence-electron chi connectivity index (χ1n) is 7.05. The molecule has 110 valence electrons. The second-order valence-corrected chi connectivity index (χ2v) is 5.15. The number of fused-ring (bicyclic) bond motifs is 1. The monoisotopic (exact) mass is 278 g/mol. The molecule has 0 aliphatic carbocycles. The molecule has 0 bridgehead atoms. The Balaban J connectivity index is 1.78. The van der Waals surface area contributed by atoms with Crippen LogP contribution in [0.1, 0.15) is 31.7 Å². The smallest absolute Gasteiger partial charge is 0.231 e. The number of para-hydroxylation sites is 1. The van der Waals surface area contributed by atoms with Crippen LogP contribution in [-0.2, 0) is 11.3 Å². The fraction of sp³-hybridized carbons (Fsp3) is 0.533. The third-order valence-electron chi connectivity index (χ3n) is 3.48. The summed E-state index contributed by atoms with van der Waals surface area (Å²) in [7, 11) is 0. The van der Waals surface area contributed by atoms with E-state index in [-0.39, 0.29) is 12.7 Å². The number of rotatable bonds is 7. The molecule has 0 saturated carbocycles. The van der Waals surface area contributed by atoms with Gasteiger partial charge in [0.05, 0.1) is 0 Å². The van der Waals surface area contributed by atoms with Gasteiger partial charge in [0.1, 0.15) is 0 Å². The van der Waals surface area contributed by atoms with Crippen molar-refractivity contribution in [3.05, 3.63) is 23.8 Å². The van der Waals surface area contributed by atoms with Crippen molar-refractivity contribution in [3.8, 4) is 11.5 Å². The Morgan fingerprint density at radius 1 is 1.40 bits per heavy atom. The number of nitrogens with two attached hydrogens (primary N) is 1. The van der Waals surface area contributed by atoms with Crippen molar-refractivity contribution < 1.29 is 14.3 Å². The number of hydrogen-bond donors (Lipinski definition) is 2. The lowest BCUT2D eigenvalue weighted by Gasteiger charge is -2.10. The first-order chi connectivity index (χ1) is 9.70. The van der Waals surface area contributed by atoms with Gasteiger partial charge in [-0.15, -0.1) is 0 Å². The minimum atomic E-state index is 0.0605. The summed E-state index contributed by atoms with van der Waals surface area (Å²) < 4.78 is 10.7. The van der Waals surface area contributed by atoms with E-state index in [4.69, 9.17) is 15.2 Å². The Morgan fingerprint density at radius 2 is 2.25 bits per heavy atom. The summed E-state index contributed by atoms with van der Waals surface area (Å²) in [4.78, 5) is 11.8. The Labute approximate surface area is 119 Å². The Bertz CT molecular complexity index is 462.